The molecule has 2 rings (SSSR count). The standard InChI is InChI=1S/C12H15ClN2O2/c1-12(17)3-6-15(7-4-12)11(16)9-8-14-5-2-10(9)13/h2,5,8,17H,3-4,6-7H2,1H3. The predicted octanol–water partition coefficient (Wildman–Crippen LogP) is 1.72. The number of carbonyl (C=O) groups is 1. The first-order valence-electron chi connectivity index (χ1n) is 5.61. The third kappa shape index (κ3) is 2.76. The number of halogens is 1. The molecule has 0 bridgehead atoms. The van der Waals surface area contributed by atoms with E-state index in [1.165, 1.54) is 6.20 Å². The summed E-state index contributed by atoms with van der Waals surface area (Å²) in [5, 5.41) is 10.2. The molecule has 2 heterocycles. The van der Waals surface area contributed by atoms with Crippen LogP contribution in [-0.2, 0) is 0 Å². The van der Waals surface area contributed by atoms with E-state index in [9.17, 15) is 9.90 Å². The van der Waals surface area contributed by atoms with E-state index in [0.29, 0.717) is 36.5 Å². The highest BCUT2D eigenvalue weighted by atomic mass is 35.5. The Hall–Kier alpha value is -1.13. The lowest BCUT2D eigenvalue weighted by Crippen LogP contribution is -2.45. The number of hydrogen-bond acceptors (Lipinski definition) is 3. The molecule has 1 aromatic rings. The van der Waals surface area contributed by atoms with Crippen LogP contribution in [0.1, 0.15) is 30.1 Å². The van der Waals surface area contributed by atoms with Crippen molar-refractivity contribution in [2.45, 2.75) is 25.4 Å². The van der Waals surface area contributed by atoms with Gasteiger partial charge in [0.2, 0.25) is 0 Å². The Balaban J connectivity index is 2.10. The van der Waals surface area contributed by atoms with Crippen LogP contribution in [0.2, 0.25) is 5.02 Å². The van der Waals surface area contributed by atoms with Crippen molar-refractivity contribution in [1.29, 1.82) is 0 Å². The average Bonchev–Trinajstić information content (AvgIpc) is 2.29. The fraction of sp³-hybridized carbons (Fsp3) is 0.500. The number of rotatable bonds is 1. The predicted molar refractivity (Wildman–Crippen MR) is 65.0 cm³/mol. The summed E-state index contributed by atoms with van der Waals surface area (Å²) >= 11 is 5.96. The van der Waals surface area contributed by atoms with E-state index in [1.54, 1.807) is 24.1 Å². The van der Waals surface area contributed by atoms with Gasteiger partial charge in [-0.15, -0.1) is 0 Å². The molecule has 0 aromatic carbocycles. The molecule has 1 N–H and O–H groups in total. The van der Waals surface area contributed by atoms with E-state index >= 15 is 0 Å². The van der Waals surface area contributed by atoms with Gasteiger partial charge in [0, 0.05) is 25.5 Å². The van der Waals surface area contributed by atoms with Gasteiger partial charge in [0.25, 0.3) is 5.91 Å². The molecule has 1 saturated heterocycles. The number of likely N-dealkylation sites (tertiary alicyclic amines) is 1. The molecule has 0 atom stereocenters. The van der Waals surface area contributed by atoms with Crippen molar-refractivity contribution < 1.29 is 9.90 Å². The maximum atomic E-state index is 12.2. The van der Waals surface area contributed by atoms with Gasteiger partial charge >= 0.3 is 0 Å². The highest BCUT2D eigenvalue weighted by Gasteiger charge is 2.30. The van der Waals surface area contributed by atoms with Crippen molar-refractivity contribution in [3.05, 3.63) is 29.0 Å². The highest BCUT2D eigenvalue weighted by Crippen LogP contribution is 2.24. The van der Waals surface area contributed by atoms with Crippen molar-refractivity contribution in [2.75, 3.05) is 13.1 Å². The van der Waals surface area contributed by atoms with Gasteiger partial charge in [-0.05, 0) is 25.8 Å². The molecule has 1 aliphatic rings. The van der Waals surface area contributed by atoms with Crippen molar-refractivity contribution in [1.82, 2.24) is 9.88 Å². The summed E-state index contributed by atoms with van der Waals surface area (Å²) in [5.74, 6) is -0.112. The zero-order valence-corrected chi connectivity index (χ0v) is 10.4. The van der Waals surface area contributed by atoms with Crippen LogP contribution in [0.5, 0.6) is 0 Å². The van der Waals surface area contributed by atoms with E-state index in [-0.39, 0.29) is 5.91 Å². The second kappa shape index (κ2) is 4.63. The SMILES string of the molecule is CC1(O)CCN(C(=O)c2cnccc2Cl)CC1. The fourth-order valence-corrected chi connectivity index (χ4v) is 2.08. The molecule has 4 nitrogen and oxygen atoms in total. The molecule has 1 amide bonds. The highest BCUT2D eigenvalue weighted by molar-refractivity contribution is 6.33. The van der Waals surface area contributed by atoms with Crippen molar-refractivity contribution >= 4 is 17.5 Å². The van der Waals surface area contributed by atoms with E-state index in [1.807, 2.05) is 0 Å². The van der Waals surface area contributed by atoms with Crippen LogP contribution in [0, 0.1) is 0 Å². The first kappa shape index (κ1) is 12.3. The van der Waals surface area contributed by atoms with Gasteiger partial charge in [-0.25, -0.2) is 0 Å². The van der Waals surface area contributed by atoms with Gasteiger partial charge in [-0.3, -0.25) is 9.78 Å². The third-order valence-corrected chi connectivity index (χ3v) is 3.46. The first-order valence-corrected chi connectivity index (χ1v) is 5.98. The number of hydrogen-bond donors (Lipinski definition) is 1. The van der Waals surface area contributed by atoms with Crippen molar-refractivity contribution in [2.24, 2.45) is 0 Å². The van der Waals surface area contributed by atoms with Crippen LogP contribution in [-0.4, -0.2) is 39.6 Å². The second-order valence-electron chi connectivity index (χ2n) is 4.64. The van der Waals surface area contributed by atoms with E-state index in [2.05, 4.69) is 4.98 Å². The van der Waals surface area contributed by atoms with Crippen LogP contribution in [0.15, 0.2) is 18.5 Å². The molecule has 0 unspecified atom stereocenters. The molecule has 5 heteroatoms. The summed E-state index contributed by atoms with van der Waals surface area (Å²) in [6, 6.07) is 1.61. The van der Waals surface area contributed by atoms with Crippen molar-refractivity contribution in [3.63, 3.8) is 0 Å². The Morgan fingerprint density at radius 2 is 2.18 bits per heavy atom. The second-order valence-corrected chi connectivity index (χ2v) is 5.05. The summed E-state index contributed by atoms with van der Waals surface area (Å²) in [5.41, 5.74) is -0.231. The number of aliphatic hydroxyl groups is 1. The lowest BCUT2D eigenvalue weighted by Gasteiger charge is -2.35. The monoisotopic (exact) mass is 254 g/mol. The van der Waals surface area contributed by atoms with Crippen molar-refractivity contribution in [3.8, 4) is 0 Å². The Kier molecular flexibility index (Phi) is 3.35. The molecule has 0 spiro atoms. The van der Waals surface area contributed by atoms with Gasteiger partial charge in [0.15, 0.2) is 0 Å². The van der Waals surface area contributed by atoms with Crippen LogP contribution in [0.3, 0.4) is 0 Å². The quantitative estimate of drug-likeness (QED) is 0.830. The number of piperidine rings is 1. The molecular weight excluding hydrogens is 240 g/mol. The molecular formula is C12H15ClN2O2. The molecule has 17 heavy (non-hydrogen) atoms. The number of amides is 1. The zero-order valence-electron chi connectivity index (χ0n) is 9.69. The number of carbonyl (C=O) groups excluding carboxylic acids is 1. The number of nitrogens with zero attached hydrogens (tertiary/aromatic N) is 2. The Morgan fingerprint density at radius 3 is 2.76 bits per heavy atom. The summed E-state index contributed by atoms with van der Waals surface area (Å²) in [7, 11) is 0. The van der Waals surface area contributed by atoms with Gasteiger partial charge in [0.1, 0.15) is 0 Å². The minimum Gasteiger partial charge on any atom is -0.390 e. The normalized spacial score (nSPS) is 19.1. The van der Waals surface area contributed by atoms with Crippen LogP contribution < -0.4 is 0 Å². The van der Waals surface area contributed by atoms with Crippen LogP contribution in [0.25, 0.3) is 0 Å². The Labute approximate surface area is 105 Å². The van der Waals surface area contributed by atoms with Gasteiger partial charge < -0.3 is 10.0 Å². The largest absolute Gasteiger partial charge is 0.390 e. The lowest BCUT2D eigenvalue weighted by atomic mass is 9.93. The minimum absolute atomic E-state index is 0.112. The zero-order chi connectivity index (χ0) is 12.5. The van der Waals surface area contributed by atoms with E-state index < -0.39 is 5.60 Å². The summed E-state index contributed by atoms with van der Waals surface area (Å²) in [6.07, 6.45) is 4.23. The summed E-state index contributed by atoms with van der Waals surface area (Å²) in [4.78, 5) is 17.8. The van der Waals surface area contributed by atoms with Gasteiger partial charge in [-0.2, -0.15) is 0 Å². The van der Waals surface area contributed by atoms with Crippen LogP contribution >= 0.6 is 11.6 Å². The maximum absolute atomic E-state index is 12.2. The molecule has 0 radical (unpaired) electrons. The maximum Gasteiger partial charge on any atom is 0.256 e. The smallest absolute Gasteiger partial charge is 0.256 e. The topological polar surface area (TPSA) is 53.4 Å². The third-order valence-electron chi connectivity index (χ3n) is 3.13. The molecule has 1 aliphatic heterocycles. The summed E-state index contributed by atoms with van der Waals surface area (Å²) in [6.45, 7) is 2.90. The number of pyridine rings is 1. The lowest BCUT2D eigenvalue weighted by molar-refractivity contribution is -0.00202. The minimum atomic E-state index is -0.657. The molecule has 0 saturated carbocycles. The summed E-state index contributed by atoms with van der Waals surface area (Å²) < 4.78 is 0. The van der Waals surface area contributed by atoms with E-state index in [0.717, 1.165) is 0 Å². The molecule has 0 aliphatic carbocycles. The number of aromatic nitrogens is 1. The van der Waals surface area contributed by atoms with E-state index in [4.69, 9.17) is 11.6 Å². The van der Waals surface area contributed by atoms with Gasteiger partial charge in [0.05, 0.1) is 16.2 Å². The molecule has 92 valence electrons. The first-order chi connectivity index (χ1) is 7.99. The fourth-order valence-electron chi connectivity index (χ4n) is 1.90. The Bertz CT molecular complexity index is 424. The Morgan fingerprint density at radius 1 is 1.53 bits per heavy atom. The molecule has 1 fully saturated rings. The van der Waals surface area contributed by atoms with Crippen LogP contribution in [0.4, 0.5) is 0 Å². The molecule has 1 aromatic heterocycles. The van der Waals surface area contributed by atoms with Gasteiger partial charge in [-0.1, -0.05) is 11.6 Å². The average molecular weight is 255 g/mol.